The van der Waals surface area contributed by atoms with Crippen LogP contribution in [-0.2, 0) is 9.47 Å². The maximum Gasteiger partial charge on any atom is 0.193 e. The maximum atomic E-state index is 5.39. The minimum Gasteiger partial charge on any atom is -0.384 e. The van der Waals surface area contributed by atoms with Gasteiger partial charge in [0.05, 0.1) is 13.2 Å². The number of likely N-dealkylation sites (tertiary alicyclic amines) is 1. The van der Waals surface area contributed by atoms with Crippen LogP contribution in [0, 0.1) is 11.8 Å². The third kappa shape index (κ3) is 3.59. The van der Waals surface area contributed by atoms with E-state index in [1.165, 1.54) is 6.42 Å². The molecule has 2 aliphatic rings. The van der Waals surface area contributed by atoms with Crippen LogP contribution in [0.5, 0.6) is 0 Å². The van der Waals surface area contributed by atoms with E-state index in [2.05, 4.69) is 15.2 Å². The van der Waals surface area contributed by atoms with E-state index in [4.69, 9.17) is 9.47 Å². The predicted molar refractivity (Wildman–Crippen MR) is 71.8 cm³/mol. The quantitative estimate of drug-likeness (QED) is 0.589. The highest BCUT2D eigenvalue weighted by molar-refractivity contribution is 5.80. The zero-order valence-electron chi connectivity index (χ0n) is 11.5. The molecule has 5 heteroatoms. The summed E-state index contributed by atoms with van der Waals surface area (Å²) in [7, 11) is 3.63. The van der Waals surface area contributed by atoms with Gasteiger partial charge in [0.1, 0.15) is 0 Å². The number of hydrogen-bond donors (Lipinski definition) is 1. The lowest BCUT2D eigenvalue weighted by atomic mass is 10.1. The average molecular weight is 255 g/mol. The van der Waals surface area contributed by atoms with E-state index in [1.54, 1.807) is 7.11 Å². The molecule has 104 valence electrons. The molecular formula is C13H25N3O2. The first-order chi connectivity index (χ1) is 8.83. The number of methoxy groups -OCH3 is 1. The zero-order chi connectivity index (χ0) is 12.8. The van der Waals surface area contributed by atoms with Crippen LogP contribution < -0.4 is 5.32 Å². The van der Waals surface area contributed by atoms with E-state index in [-0.39, 0.29) is 0 Å². The van der Waals surface area contributed by atoms with Gasteiger partial charge in [-0.05, 0) is 12.8 Å². The summed E-state index contributed by atoms with van der Waals surface area (Å²) in [6.07, 6.45) is 2.36. The Labute approximate surface area is 110 Å². The average Bonchev–Trinajstić information content (AvgIpc) is 3.02. The van der Waals surface area contributed by atoms with Crippen LogP contribution in [0.3, 0.4) is 0 Å². The van der Waals surface area contributed by atoms with Gasteiger partial charge in [0.2, 0.25) is 0 Å². The van der Waals surface area contributed by atoms with E-state index in [1.807, 2.05) is 7.05 Å². The lowest BCUT2D eigenvalue weighted by molar-refractivity contribution is 0.157. The van der Waals surface area contributed by atoms with Crippen molar-refractivity contribution in [2.45, 2.75) is 12.8 Å². The summed E-state index contributed by atoms with van der Waals surface area (Å²) in [6, 6.07) is 0. The summed E-state index contributed by atoms with van der Waals surface area (Å²) >= 11 is 0. The van der Waals surface area contributed by atoms with Gasteiger partial charge in [0.15, 0.2) is 5.96 Å². The second-order valence-electron chi connectivity index (χ2n) is 5.21. The molecule has 2 rings (SSSR count). The molecule has 2 aliphatic heterocycles. The highest BCUT2D eigenvalue weighted by atomic mass is 16.5. The molecule has 1 N–H and O–H groups in total. The summed E-state index contributed by atoms with van der Waals surface area (Å²) in [4.78, 5) is 6.71. The normalized spacial score (nSPS) is 29.0. The number of hydrogen-bond acceptors (Lipinski definition) is 3. The first kappa shape index (κ1) is 13.6. The molecule has 0 amide bonds. The van der Waals surface area contributed by atoms with Crippen molar-refractivity contribution >= 4 is 5.96 Å². The number of ether oxygens (including phenoxy) is 2. The highest BCUT2D eigenvalue weighted by Gasteiger charge is 2.25. The summed E-state index contributed by atoms with van der Waals surface area (Å²) in [5.41, 5.74) is 0. The van der Waals surface area contributed by atoms with Gasteiger partial charge in [-0.3, -0.25) is 4.99 Å². The molecule has 2 fully saturated rings. The van der Waals surface area contributed by atoms with Crippen LogP contribution in [0.1, 0.15) is 12.8 Å². The predicted octanol–water partition coefficient (Wildman–Crippen LogP) is 0.567. The number of aliphatic imine (C=N–C) groups is 1. The van der Waals surface area contributed by atoms with Crippen molar-refractivity contribution in [3.8, 4) is 0 Å². The van der Waals surface area contributed by atoms with Gasteiger partial charge in [-0.25, -0.2) is 0 Å². The minimum atomic E-state index is 0.638. The van der Waals surface area contributed by atoms with Crippen molar-refractivity contribution < 1.29 is 9.47 Å². The molecule has 0 bridgehead atoms. The molecule has 0 spiro atoms. The first-order valence-electron chi connectivity index (χ1n) is 6.85. The van der Waals surface area contributed by atoms with E-state index < -0.39 is 0 Å². The highest BCUT2D eigenvalue weighted by Crippen LogP contribution is 2.17. The summed E-state index contributed by atoms with van der Waals surface area (Å²) in [6.45, 7) is 5.74. The summed E-state index contributed by atoms with van der Waals surface area (Å²) < 4.78 is 10.6. The molecule has 0 aromatic carbocycles. The SMILES string of the molecule is CN=C(NCC1CCOC1)N1CCC(COC)C1. The Kier molecular flexibility index (Phi) is 5.26. The van der Waals surface area contributed by atoms with Gasteiger partial charge >= 0.3 is 0 Å². The van der Waals surface area contributed by atoms with Crippen molar-refractivity contribution in [2.24, 2.45) is 16.8 Å². The van der Waals surface area contributed by atoms with Gasteiger partial charge < -0.3 is 19.7 Å². The van der Waals surface area contributed by atoms with Gasteiger partial charge in [0, 0.05) is 52.2 Å². The Balaban J connectivity index is 1.75. The minimum absolute atomic E-state index is 0.638. The number of rotatable bonds is 4. The second kappa shape index (κ2) is 6.95. The Hall–Kier alpha value is -0.810. The lowest BCUT2D eigenvalue weighted by Gasteiger charge is -2.22. The molecule has 2 unspecified atom stereocenters. The van der Waals surface area contributed by atoms with Gasteiger partial charge in [-0.1, -0.05) is 0 Å². The molecule has 2 atom stereocenters. The van der Waals surface area contributed by atoms with E-state index in [0.717, 1.165) is 51.8 Å². The van der Waals surface area contributed by atoms with Crippen molar-refractivity contribution in [1.82, 2.24) is 10.2 Å². The summed E-state index contributed by atoms with van der Waals surface area (Å²) in [5, 5.41) is 3.47. The van der Waals surface area contributed by atoms with Crippen LogP contribution in [-0.4, -0.2) is 64.5 Å². The van der Waals surface area contributed by atoms with E-state index >= 15 is 0 Å². The van der Waals surface area contributed by atoms with Crippen molar-refractivity contribution in [1.29, 1.82) is 0 Å². The van der Waals surface area contributed by atoms with E-state index in [9.17, 15) is 0 Å². The van der Waals surface area contributed by atoms with Crippen molar-refractivity contribution in [3.05, 3.63) is 0 Å². The van der Waals surface area contributed by atoms with Crippen LogP contribution >= 0.6 is 0 Å². The number of guanidine groups is 1. The largest absolute Gasteiger partial charge is 0.384 e. The third-order valence-corrected chi connectivity index (χ3v) is 3.77. The molecule has 18 heavy (non-hydrogen) atoms. The Morgan fingerprint density at radius 2 is 2.33 bits per heavy atom. The summed E-state index contributed by atoms with van der Waals surface area (Å²) in [5.74, 6) is 2.31. The van der Waals surface area contributed by atoms with Crippen LogP contribution in [0.4, 0.5) is 0 Å². The number of nitrogens with zero attached hydrogens (tertiary/aromatic N) is 2. The molecule has 2 heterocycles. The standard InChI is InChI=1S/C13H25N3O2/c1-14-13(15-7-11-4-6-18-10-11)16-5-3-12(8-16)9-17-2/h11-12H,3-10H2,1-2H3,(H,14,15). The lowest BCUT2D eigenvalue weighted by Crippen LogP contribution is -2.42. The molecular weight excluding hydrogens is 230 g/mol. The first-order valence-corrected chi connectivity index (χ1v) is 6.85. The van der Waals surface area contributed by atoms with Crippen LogP contribution in [0.15, 0.2) is 4.99 Å². The number of nitrogens with one attached hydrogen (secondary N) is 1. The molecule has 0 aromatic rings. The molecule has 0 aliphatic carbocycles. The Bertz CT molecular complexity index is 277. The Morgan fingerprint density at radius 3 is 3.00 bits per heavy atom. The maximum absolute atomic E-state index is 5.39. The monoisotopic (exact) mass is 255 g/mol. The fourth-order valence-corrected chi connectivity index (χ4v) is 2.71. The topological polar surface area (TPSA) is 46.1 Å². The molecule has 0 radical (unpaired) electrons. The second-order valence-corrected chi connectivity index (χ2v) is 5.21. The van der Waals surface area contributed by atoms with Gasteiger partial charge in [-0.15, -0.1) is 0 Å². The zero-order valence-corrected chi connectivity index (χ0v) is 11.5. The van der Waals surface area contributed by atoms with Crippen molar-refractivity contribution in [3.63, 3.8) is 0 Å². The smallest absolute Gasteiger partial charge is 0.193 e. The van der Waals surface area contributed by atoms with Crippen molar-refractivity contribution in [2.75, 3.05) is 53.6 Å². The molecule has 0 saturated carbocycles. The fraction of sp³-hybridized carbons (Fsp3) is 0.923. The van der Waals surface area contributed by atoms with Gasteiger partial charge in [-0.2, -0.15) is 0 Å². The molecule has 0 aromatic heterocycles. The van der Waals surface area contributed by atoms with Crippen LogP contribution in [0.2, 0.25) is 0 Å². The Morgan fingerprint density at radius 1 is 1.44 bits per heavy atom. The van der Waals surface area contributed by atoms with Gasteiger partial charge in [0.25, 0.3) is 0 Å². The third-order valence-electron chi connectivity index (χ3n) is 3.77. The fourth-order valence-electron chi connectivity index (χ4n) is 2.71. The molecule has 2 saturated heterocycles. The van der Waals surface area contributed by atoms with E-state index in [0.29, 0.717) is 11.8 Å². The van der Waals surface area contributed by atoms with Crippen LogP contribution in [0.25, 0.3) is 0 Å². The molecule has 5 nitrogen and oxygen atoms in total.